The highest BCUT2D eigenvalue weighted by Gasteiger charge is 2.08. The number of hydrogen-bond acceptors (Lipinski definition) is 3. The molecule has 4 heteroatoms. The molecule has 0 aliphatic rings. The lowest BCUT2D eigenvalue weighted by Crippen LogP contribution is -2.30. The first-order chi connectivity index (χ1) is 6.11. The van der Waals surface area contributed by atoms with E-state index in [1.807, 2.05) is 6.92 Å². The van der Waals surface area contributed by atoms with Gasteiger partial charge in [-0.15, -0.1) is 0 Å². The van der Waals surface area contributed by atoms with Gasteiger partial charge < -0.3 is 9.64 Å². The molecule has 0 aliphatic carbocycles. The van der Waals surface area contributed by atoms with Crippen LogP contribution in [0.4, 0.5) is 0 Å². The second kappa shape index (κ2) is 6.46. The molecule has 0 aliphatic heterocycles. The summed E-state index contributed by atoms with van der Waals surface area (Å²) in [6.45, 7) is 6.62. The molecule has 0 N–H and O–H groups in total. The Morgan fingerprint density at radius 3 is 2.31 bits per heavy atom. The lowest BCUT2D eigenvalue weighted by Gasteiger charge is -2.17. The molecular weight excluding hydrogens is 170 g/mol. The lowest BCUT2D eigenvalue weighted by molar-refractivity contribution is -0.143. The number of carbonyl (C=O) groups is 2. The fourth-order valence-corrected chi connectivity index (χ4v) is 0.998. The Morgan fingerprint density at radius 1 is 1.31 bits per heavy atom. The lowest BCUT2D eigenvalue weighted by atomic mass is 10.3. The fraction of sp³-hybridized carbons (Fsp3) is 0.778. The van der Waals surface area contributed by atoms with E-state index in [1.165, 1.54) is 6.92 Å². The SMILES string of the molecule is CCOC(=O)CCN(CC)C(C)=O. The molecule has 0 saturated heterocycles. The number of nitrogens with zero attached hydrogens (tertiary/aromatic N) is 1. The van der Waals surface area contributed by atoms with Crippen molar-refractivity contribution in [2.24, 2.45) is 0 Å². The maximum atomic E-state index is 10.9. The molecule has 0 spiro atoms. The van der Waals surface area contributed by atoms with Crippen molar-refractivity contribution in [2.75, 3.05) is 19.7 Å². The summed E-state index contributed by atoms with van der Waals surface area (Å²) in [5, 5.41) is 0. The van der Waals surface area contributed by atoms with E-state index in [0.717, 1.165) is 0 Å². The van der Waals surface area contributed by atoms with E-state index in [0.29, 0.717) is 19.7 Å². The summed E-state index contributed by atoms with van der Waals surface area (Å²) in [7, 11) is 0. The molecule has 0 atom stereocenters. The molecule has 0 bridgehead atoms. The topological polar surface area (TPSA) is 46.6 Å². The number of carbonyl (C=O) groups excluding carboxylic acids is 2. The predicted octanol–water partition coefficient (Wildman–Crippen LogP) is 0.808. The first-order valence-corrected chi connectivity index (χ1v) is 4.52. The van der Waals surface area contributed by atoms with Crippen molar-refractivity contribution in [1.82, 2.24) is 4.90 Å². The smallest absolute Gasteiger partial charge is 0.307 e. The van der Waals surface area contributed by atoms with Crippen molar-refractivity contribution >= 4 is 11.9 Å². The normalized spacial score (nSPS) is 9.46. The van der Waals surface area contributed by atoms with Crippen LogP contribution < -0.4 is 0 Å². The predicted molar refractivity (Wildman–Crippen MR) is 49.2 cm³/mol. The van der Waals surface area contributed by atoms with Crippen molar-refractivity contribution in [2.45, 2.75) is 27.2 Å². The Hall–Kier alpha value is -1.06. The standard InChI is InChI=1S/C9H17NO3/c1-4-10(8(3)11)7-6-9(12)13-5-2/h4-7H2,1-3H3. The van der Waals surface area contributed by atoms with Crippen LogP contribution in [0.2, 0.25) is 0 Å². The van der Waals surface area contributed by atoms with E-state index in [4.69, 9.17) is 4.74 Å². The number of ether oxygens (including phenoxy) is 1. The summed E-state index contributed by atoms with van der Waals surface area (Å²) in [6.07, 6.45) is 0.279. The van der Waals surface area contributed by atoms with E-state index in [9.17, 15) is 9.59 Å². The molecule has 1 amide bonds. The van der Waals surface area contributed by atoms with Crippen molar-refractivity contribution in [1.29, 1.82) is 0 Å². The Balaban J connectivity index is 3.72. The molecule has 76 valence electrons. The quantitative estimate of drug-likeness (QED) is 0.598. The third-order valence-corrected chi connectivity index (χ3v) is 1.72. The maximum absolute atomic E-state index is 10.9. The van der Waals surface area contributed by atoms with E-state index >= 15 is 0 Å². The summed E-state index contributed by atoms with van der Waals surface area (Å²) >= 11 is 0. The van der Waals surface area contributed by atoms with Crippen LogP contribution in [0.3, 0.4) is 0 Å². The Kier molecular flexibility index (Phi) is 5.93. The molecule has 0 unspecified atom stereocenters. The third-order valence-electron chi connectivity index (χ3n) is 1.72. The molecule has 0 aromatic heterocycles. The van der Waals surface area contributed by atoms with Gasteiger partial charge in [-0.1, -0.05) is 0 Å². The van der Waals surface area contributed by atoms with Crippen LogP contribution in [0, 0.1) is 0 Å². The third kappa shape index (κ3) is 5.22. The van der Waals surface area contributed by atoms with Crippen molar-refractivity contribution in [3.63, 3.8) is 0 Å². The zero-order valence-electron chi connectivity index (χ0n) is 8.50. The van der Waals surface area contributed by atoms with Gasteiger partial charge in [0.1, 0.15) is 0 Å². The van der Waals surface area contributed by atoms with Crippen LogP contribution in [0.1, 0.15) is 27.2 Å². The second-order valence-electron chi connectivity index (χ2n) is 2.65. The minimum atomic E-state index is -0.248. The first-order valence-electron chi connectivity index (χ1n) is 4.52. The van der Waals surface area contributed by atoms with Gasteiger partial charge in [0.25, 0.3) is 0 Å². The Bertz CT molecular complexity index is 180. The highest BCUT2D eigenvalue weighted by atomic mass is 16.5. The second-order valence-corrected chi connectivity index (χ2v) is 2.65. The van der Waals surface area contributed by atoms with E-state index in [2.05, 4.69) is 0 Å². The van der Waals surface area contributed by atoms with Crippen LogP contribution in [0.5, 0.6) is 0 Å². The molecule has 0 heterocycles. The first kappa shape index (κ1) is 11.9. The molecule has 0 fully saturated rings. The molecule has 0 radical (unpaired) electrons. The molecule has 0 aromatic carbocycles. The van der Waals surface area contributed by atoms with Gasteiger partial charge in [0, 0.05) is 20.0 Å². The van der Waals surface area contributed by atoms with Crippen LogP contribution >= 0.6 is 0 Å². The van der Waals surface area contributed by atoms with Crippen LogP contribution in [0.15, 0.2) is 0 Å². The minimum Gasteiger partial charge on any atom is -0.466 e. The average molecular weight is 187 g/mol. The molecular formula is C9H17NO3. The van der Waals surface area contributed by atoms with Crippen LogP contribution in [-0.4, -0.2) is 36.5 Å². The summed E-state index contributed by atoms with van der Waals surface area (Å²) < 4.78 is 4.74. The summed E-state index contributed by atoms with van der Waals surface area (Å²) in [4.78, 5) is 23.5. The monoisotopic (exact) mass is 187 g/mol. The van der Waals surface area contributed by atoms with E-state index in [1.54, 1.807) is 11.8 Å². The van der Waals surface area contributed by atoms with Gasteiger partial charge in [0.2, 0.25) is 5.91 Å². The molecule has 0 saturated carbocycles. The van der Waals surface area contributed by atoms with Crippen LogP contribution in [-0.2, 0) is 14.3 Å². The van der Waals surface area contributed by atoms with Gasteiger partial charge in [0.05, 0.1) is 13.0 Å². The van der Waals surface area contributed by atoms with Crippen LogP contribution in [0.25, 0.3) is 0 Å². The zero-order valence-corrected chi connectivity index (χ0v) is 8.50. The molecule has 13 heavy (non-hydrogen) atoms. The number of hydrogen-bond donors (Lipinski definition) is 0. The van der Waals surface area contributed by atoms with Gasteiger partial charge in [-0.2, -0.15) is 0 Å². The largest absolute Gasteiger partial charge is 0.466 e. The van der Waals surface area contributed by atoms with E-state index in [-0.39, 0.29) is 18.3 Å². The fourth-order valence-electron chi connectivity index (χ4n) is 0.998. The molecule has 4 nitrogen and oxygen atoms in total. The van der Waals surface area contributed by atoms with Crippen molar-refractivity contribution in [3.05, 3.63) is 0 Å². The van der Waals surface area contributed by atoms with Gasteiger partial charge in [-0.25, -0.2) is 0 Å². The summed E-state index contributed by atoms with van der Waals surface area (Å²) in [5.41, 5.74) is 0. The van der Waals surface area contributed by atoms with Gasteiger partial charge >= 0.3 is 5.97 Å². The van der Waals surface area contributed by atoms with Gasteiger partial charge in [-0.3, -0.25) is 9.59 Å². The Morgan fingerprint density at radius 2 is 1.92 bits per heavy atom. The van der Waals surface area contributed by atoms with Crippen molar-refractivity contribution in [3.8, 4) is 0 Å². The summed E-state index contributed by atoms with van der Waals surface area (Å²) in [5.74, 6) is -0.256. The van der Waals surface area contributed by atoms with Gasteiger partial charge in [0.15, 0.2) is 0 Å². The van der Waals surface area contributed by atoms with E-state index < -0.39 is 0 Å². The number of esters is 1. The summed E-state index contributed by atoms with van der Waals surface area (Å²) in [6, 6.07) is 0. The highest BCUT2D eigenvalue weighted by Crippen LogP contribution is 1.94. The number of amides is 1. The molecule has 0 rings (SSSR count). The average Bonchev–Trinajstić information content (AvgIpc) is 2.05. The Labute approximate surface area is 78.9 Å². The van der Waals surface area contributed by atoms with Crippen molar-refractivity contribution < 1.29 is 14.3 Å². The highest BCUT2D eigenvalue weighted by molar-refractivity contribution is 5.74. The maximum Gasteiger partial charge on any atom is 0.307 e. The molecule has 0 aromatic rings. The van der Waals surface area contributed by atoms with Gasteiger partial charge in [-0.05, 0) is 13.8 Å². The number of rotatable bonds is 5. The minimum absolute atomic E-state index is 0.00759. The zero-order chi connectivity index (χ0) is 10.3.